The molecule has 3 heteroatoms. The minimum atomic E-state index is -0.492. The maximum atomic E-state index is 10.5. The molecule has 0 saturated carbocycles. The predicted octanol–water partition coefficient (Wildman–Crippen LogP) is 1.46. The molecule has 0 saturated heterocycles. The first-order valence-corrected chi connectivity index (χ1v) is 3.66. The van der Waals surface area contributed by atoms with Gasteiger partial charge in [0.25, 0.3) is 0 Å². The number of hydrogen-bond acceptors (Lipinski definition) is 2. The van der Waals surface area contributed by atoms with Crippen LogP contribution >= 0.6 is 15.9 Å². The predicted molar refractivity (Wildman–Crippen MR) is 42.5 cm³/mol. The van der Waals surface area contributed by atoms with Crippen molar-refractivity contribution in [3.05, 3.63) is 11.1 Å². The number of esters is 1. The highest BCUT2D eigenvalue weighted by molar-refractivity contribution is 9.11. The summed E-state index contributed by atoms with van der Waals surface area (Å²) in [5, 5.41) is 0. The van der Waals surface area contributed by atoms with Crippen molar-refractivity contribution in [2.75, 3.05) is 6.61 Å². The molecule has 0 atom stereocenters. The lowest BCUT2D eigenvalue weighted by Crippen LogP contribution is -1.98. The number of carbonyl (C=O) groups excluding carboxylic acids is 1. The lowest BCUT2D eigenvalue weighted by Gasteiger charge is -1.89. The van der Waals surface area contributed by atoms with Gasteiger partial charge in [-0.15, -0.1) is 0 Å². The summed E-state index contributed by atoms with van der Waals surface area (Å²) in [6.45, 7) is 2.10. The van der Waals surface area contributed by atoms with Crippen LogP contribution in [0.1, 0.15) is 6.92 Å². The van der Waals surface area contributed by atoms with Crippen LogP contribution in [-0.2, 0) is 9.53 Å². The number of halogens is 1. The van der Waals surface area contributed by atoms with Gasteiger partial charge < -0.3 is 4.74 Å². The second kappa shape index (κ2) is 6.37. The van der Waals surface area contributed by atoms with E-state index >= 15 is 0 Å². The molecule has 0 unspecified atom stereocenters. The van der Waals surface area contributed by atoms with Gasteiger partial charge in [-0.05, 0) is 18.0 Å². The fraction of sp³-hybridized carbons (Fsp3) is 0.286. The van der Waals surface area contributed by atoms with Crippen LogP contribution in [0.4, 0.5) is 0 Å². The van der Waals surface area contributed by atoms with Crippen molar-refractivity contribution < 1.29 is 9.53 Å². The molecule has 0 aromatic carbocycles. The van der Waals surface area contributed by atoms with Crippen LogP contribution in [0.2, 0.25) is 0 Å². The molecule has 0 spiro atoms. The summed E-state index contributed by atoms with van der Waals surface area (Å²) < 4.78 is 4.53. The maximum absolute atomic E-state index is 10.5. The molecule has 0 aliphatic rings. The van der Waals surface area contributed by atoms with Gasteiger partial charge in [0.1, 0.15) is 0 Å². The van der Waals surface area contributed by atoms with E-state index in [2.05, 4.69) is 32.5 Å². The molecule has 0 heterocycles. The van der Waals surface area contributed by atoms with E-state index in [0.29, 0.717) is 6.61 Å². The van der Waals surface area contributed by atoms with Crippen LogP contribution in [-0.4, -0.2) is 12.6 Å². The van der Waals surface area contributed by atoms with Gasteiger partial charge in [0.05, 0.1) is 6.61 Å². The van der Waals surface area contributed by atoms with Gasteiger partial charge in [-0.25, -0.2) is 4.79 Å². The number of hydrogen-bond donors (Lipinski definition) is 0. The summed E-state index contributed by atoms with van der Waals surface area (Å²) in [5.74, 6) is 4.23. The van der Waals surface area contributed by atoms with E-state index in [-0.39, 0.29) is 0 Å². The van der Waals surface area contributed by atoms with Crippen LogP contribution in [0.5, 0.6) is 0 Å². The van der Waals surface area contributed by atoms with Gasteiger partial charge in [0, 0.05) is 5.92 Å². The normalized spacial score (nSPS) is 8.60. The topological polar surface area (TPSA) is 26.3 Å². The average molecular weight is 203 g/mol. The van der Waals surface area contributed by atoms with Gasteiger partial charge in [0.15, 0.2) is 0 Å². The van der Waals surface area contributed by atoms with Crippen molar-refractivity contribution in [1.29, 1.82) is 0 Å². The summed E-state index contributed by atoms with van der Waals surface area (Å²) >= 11 is 3.00. The Hall–Kier alpha value is -0.750. The highest BCUT2D eigenvalue weighted by Gasteiger charge is 1.89. The van der Waals surface area contributed by atoms with Crippen LogP contribution in [0.15, 0.2) is 11.1 Å². The van der Waals surface area contributed by atoms with E-state index in [4.69, 9.17) is 0 Å². The largest absolute Gasteiger partial charge is 0.456 e. The molecule has 0 aliphatic carbocycles. The minimum absolute atomic E-state index is 0.367. The Morgan fingerprint density at radius 2 is 2.50 bits per heavy atom. The monoisotopic (exact) mass is 202 g/mol. The number of ether oxygens (including phenoxy) is 1. The first kappa shape index (κ1) is 9.25. The number of allylic oxidation sites excluding steroid dienone is 1. The summed E-state index contributed by atoms with van der Waals surface area (Å²) in [6, 6.07) is 0. The van der Waals surface area contributed by atoms with Gasteiger partial charge >= 0.3 is 5.97 Å². The molecule has 0 bridgehead atoms. The van der Waals surface area contributed by atoms with Gasteiger partial charge in [-0.2, -0.15) is 0 Å². The average Bonchev–Trinajstić information content (AvgIpc) is 1.89. The first-order chi connectivity index (χ1) is 4.81. The second-order valence-corrected chi connectivity index (χ2v) is 1.81. The minimum Gasteiger partial charge on any atom is -0.456 e. The molecule has 0 amide bonds. The second-order valence-electron chi connectivity index (χ2n) is 1.28. The molecule has 54 valence electrons. The fourth-order valence-electron chi connectivity index (χ4n) is 0.299. The van der Waals surface area contributed by atoms with Crippen molar-refractivity contribution in [2.45, 2.75) is 6.92 Å². The Bertz CT molecular complexity index is 186. The zero-order chi connectivity index (χ0) is 7.82. The molecular weight excluding hydrogens is 196 g/mol. The first-order valence-electron chi connectivity index (χ1n) is 2.74. The Kier molecular flexibility index (Phi) is 5.89. The SMILES string of the molecule is CCOC(=O)C#C/C=C/Br. The molecular formula is C7H7BrO2. The third-order valence-corrected chi connectivity index (χ3v) is 0.860. The van der Waals surface area contributed by atoms with E-state index < -0.39 is 5.97 Å². The fourth-order valence-corrected chi connectivity index (χ4v) is 0.431. The maximum Gasteiger partial charge on any atom is 0.384 e. The third kappa shape index (κ3) is 5.39. The van der Waals surface area contributed by atoms with Crippen LogP contribution in [0, 0.1) is 11.8 Å². The Labute approximate surface area is 68.4 Å². The van der Waals surface area contributed by atoms with E-state index in [1.54, 1.807) is 11.9 Å². The van der Waals surface area contributed by atoms with E-state index in [0.717, 1.165) is 0 Å². The van der Waals surface area contributed by atoms with E-state index in [1.807, 2.05) is 0 Å². The Balaban J connectivity index is 3.69. The third-order valence-electron chi connectivity index (χ3n) is 0.596. The van der Waals surface area contributed by atoms with Crippen LogP contribution in [0.25, 0.3) is 0 Å². The molecule has 0 aromatic rings. The quantitative estimate of drug-likeness (QED) is 0.366. The smallest absolute Gasteiger partial charge is 0.384 e. The lowest BCUT2D eigenvalue weighted by molar-refractivity contribution is -0.136. The lowest BCUT2D eigenvalue weighted by atomic mass is 10.5. The summed E-state index contributed by atoms with van der Waals surface area (Å²) in [5.41, 5.74) is 0. The highest BCUT2D eigenvalue weighted by Crippen LogP contribution is 1.79. The Morgan fingerprint density at radius 3 is 3.00 bits per heavy atom. The number of rotatable bonds is 1. The highest BCUT2D eigenvalue weighted by atomic mass is 79.9. The molecule has 0 radical (unpaired) electrons. The summed E-state index contributed by atoms with van der Waals surface area (Å²) in [7, 11) is 0. The summed E-state index contributed by atoms with van der Waals surface area (Å²) in [6.07, 6.45) is 1.51. The van der Waals surface area contributed by atoms with Crippen LogP contribution < -0.4 is 0 Å². The molecule has 10 heavy (non-hydrogen) atoms. The van der Waals surface area contributed by atoms with Crippen molar-refractivity contribution in [3.63, 3.8) is 0 Å². The van der Waals surface area contributed by atoms with Crippen molar-refractivity contribution in [1.82, 2.24) is 0 Å². The zero-order valence-corrected chi connectivity index (χ0v) is 7.14. The zero-order valence-electron chi connectivity index (χ0n) is 5.56. The Morgan fingerprint density at radius 1 is 1.80 bits per heavy atom. The molecule has 0 rings (SSSR count). The molecule has 0 fully saturated rings. The van der Waals surface area contributed by atoms with Crippen LogP contribution in [0.3, 0.4) is 0 Å². The van der Waals surface area contributed by atoms with Gasteiger partial charge in [-0.3, -0.25) is 0 Å². The van der Waals surface area contributed by atoms with Crippen molar-refractivity contribution >= 4 is 21.9 Å². The van der Waals surface area contributed by atoms with E-state index in [9.17, 15) is 4.79 Å². The molecule has 0 N–H and O–H groups in total. The van der Waals surface area contributed by atoms with Crippen molar-refractivity contribution in [2.24, 2.45) is 0 Å². The molecule has 2 nitrogen and oxygen atoms in total. The standard InChI is InChI=1S/C7H7BrO2/c1-2-10-7(9)5-3-4-6-8/h4,6H,2H2,1H3/b6-4+. The van der Waals surface area contributed by atoms with Gasteiger partial charge in [0.2, 0.25) is 0 Å². The number of carbonyl (C=O) groups is 1. The molecule has 0 aliphatic heterocycles. The summed E-state index contributed by atoms with van der Waals surface area (Å²) in [4.78, 5) is 12.0. The van der Waals surface area contributed by atoms with Gasteiger partial charge in [-0.1, -0.05) is 21.9 Å². The molecule has 0 aromatic heterocycles. The van der Waals surface area contributed by atoms with Crippen molar-refractivity contribution in [3.8, 4) is 11.8 Å². The van der Waals surface area contributed by atoms with E-state index in [1.165, 1.54) is 6.08 Å².